The zero-order valence-electron chi connectivity index (χ0n) is 23.1. The molecule has 0 aliphatic rings. The summed E-state index contributed by atoms with van der Waals surface area (Å²) in [4.78, 5) is 2.72. The lowest BCUT2D eigenvalue weighted by molar-refractivity contribution is -0.432. The first-order valence-corrected chi connectivity index (χ1v) is 14.7. The van der Waals surface area contributed by atoms with Crippen molar-refractivity contribution in [2.45, 2.75) is 22.8 Å². The molecule has 0 radical (unpaired) electrons. The molecule has 1 unspecified atom stereocenters. The third-order valence-corrected chi connectivity index (χ3v) is 7.57. The van der Waals surface area contributed by atoms with Crippen LogP contribution in [0.4, 0.5) is 34.1 Å². The molecule has 16 nitrogen and oxygen atoms in total. The number of rotatable bonds is 12. The van der Waals surface area contributed by atoms with Crippen molar-refractivity contribution in [3.63, 3.8) is 0 Å². The van der Waals surface area contributed by atoms with Gasteiger partial charge in [-0.3, -0.25) is 4.55 Å². The maximum absolute atomic E-state index is 11.7. The van der Waals surface area contributed by atoms with E-state index in [1.54, 1.807) is 31.2 Å². The number of aliphatic hydroxyl groups is 2. The van der Waals surface area contributed by atoms with Gasteiger partial charge >= 0.3 is 0 Å². The summed E-state index contributed by atoms with van der Waals surface area (Å²) in [5.74, 6) is -0.445. The molecule has 0 saturated carbocycles. The molecule has 4 aromatic rings. The number of fused-ring (bicyclic) bond motifs is 1. The van der Waals surface area contributed by atoms with Crippen molar-refractivity contribution in [1.82, 2.24) is 0 Å². The molecule has 45 heavy (non-hydrogen) atoms. The van der Waals surface area contributed by atoms with Gasteiger partial charge in [0, 0.05) is 11.5 Å². The number of nitrogens with zero attached hydrogens (tertiary/aromatic N) is 5. The Hall–Kier alpha value is -4.71. The highest BCUT2D eigenvalue weighted by Gasteiger charge is 2.21. The van der Waals surface area contributed by atoms with Crippen molar-refractivity contribution in [2.24, 2.45) is 20.5 Å². The summed E-state index contributed by atoms with van der Waals surface area (Å²) in [6.45, 7) is 7.87. The van der Waals surface area contributed by atoms with E-state index < -0.39 is 33.5 Å². The van der Waals surface area contributed by atoms with Gasteiger partial charge in [0.2, 0.25) is 0 Å². The molecular weight excluding hydrogens is 632 g/mol. The van der Waals surface area contributed by atoms with Gasteiger partial charge in [-0.05, 0) is 54.3 Å². The number of anilines is 1. The second-order valence-corrected chi connectivity index (χ2v) is 11.3. The first kappa shape index (κ1) is 33.2. The maximum atomic E-state index is 11.7. The highest BCUT2D eigenvalue weighted by Crippen LogP contribution is 2.46. The predicted molar refractivity (Wildman–Crippen MR) is 161 cm³/mol. The average Bonchev–Trinajstić information content (AvgIpc) is 3.01. The number of aryl methyl sites for hydroxylation is 1. The smallest absolute Gasteiger partial charge is 0.296 e. The Morgan fingerprint density at radius 1 is 1.04 bits per heavy atom. The van der Waals surface area contributed by atoms with E-state index in [0.717, 1.165) is 12.1 Å². The highest BCUT2D eigenvalue weighted by molar-refractivity contribution is 7.94. The number of ether oxygens (including phenoxy) is 1. The Labute approximate surface area is 259 Å². The second-order valence-electron chi connectivity index (χ2n) is 9.17. The summed E-state index contributed by atoms with van der Waals surface area (Å²) in [7, 11) is -4.70. The first-order valence-electron chi connectivity index (χ1n) is 12.5. The largest absolute Gasteiger partial charge is 0.505 e. The van der Waals surface area contributed by atoms with Crippen LogP contribution in [0, 0.1) is 13.5 Å². The fourth-order valence-corrected chi connectivity index (χ4v) is 4.97. The minimum atomic E-state index is -4.70. The molecule has 18 heteroatoms. The van der Waals surface area contributed by atoms with Crippen LogP contribution in [0.25, 0.3) is 15.6 Å². The molecule has 0 heterocycles. The van der Waals surface area contributed by atoms with Crippen LogP contribution in [0.15, 0.2) is 84.8 Å². The molecule has 4 aromatic carbocycles. The van der Waals surface area contributed by atoms with Crippen LogP contribution in [0.2, 0.25) is 0 Å². The zero-order valence-corrected chi connectivity index (χ0v) is 24.7. The molecule has 234 valence electrons. The summed E-state index contributed by atoms with van der Waals surface area (Å²) in [6.07, 6.45) is -1.22. The molecule has 0 aliphatic carbocycles. The summed E-state index contributed by atoms with van der Waals surface area (Å²) in [5, 5.41) is 59.4. The number of hydrogen-bond acceptors (Lipinski definition) is 15. The summed E-state index contributed by atoms with van der Waals surface area (Å²) in [6, 6.07) is 12.9. The van der Waals surface area contributed by atoms with Crippen LogP contribution in [0.1, 0.15) is 5.56 Å². The van der Waals surface area contributed by atoms with E-state index in [-0.39, 0.29) is 45.1 Å². The number of benzene rings is 4. The van der Waals surface area contributed by atoms with Gasteiger partial charge in [-0.25, -0.2) is 10.1 Å². The van der Waals surface area contributed by atoms with Crippen LogP contribution in [-0.4, -0.2) is 52.9 Å². The van der Waals surface area contributed by atoms with E-state index in [9.17, 15) is 28.3 Å². The SMILES string of the molecule is [C-]#[N+]c1ccc(N=Nc2cc(OCC(O)CO)c(N=Nc3c(SOOO)cc4cc(S(=O)(=O)O)c(N)cc4c3O)cc2C)cc1. The van der Waals surface area contributed by atoms with E-state index in [1.165, 1.54) is 18.2 Å². The first-order chi connectivity index (χ1) is 21.4. The molecule has 1 atom stereocenters. The summed E-state index contributed by atoms with van der Waals surface area (Å²) < 4.78 is 43.1. The Morgan fingerprint density at radius 2 is 1.76 bits per heavy atom. The quantitative estimate of drug-likeness (QED) is 0.0189. The number of aliphatic hydroxyl groups excluding tert-OH is 2. The van der Waals surface area contributed by atoms with Gasteiger partial charge in [0.05, 0.1) is 47.2 Å². The van der Waals surface area contributed by atoms with Gasteiger partial charge in [-0.2, -0.15) is 18.6 Å². The van der Waals surface area contributed by atoms with Crippen LogP contribution in [0.3, 0.4) is 0 Å². The zero-order chi connectivity index (χ0) is 32.7. The lowest BCUT2D eigenvalue weighted by Crippen LogP contribution is -2.21. The molecule has 4 rings (SSSR count). The van der Waals surface area contributed by atoms with Crippen molar-refractivity contribution in [3.8, 4) is 11.5 Å². The van der Waals surface area contributed by atoms with Crippen LogP contribution in [-0.2, 0) is 19.5 Å². The molecule has 0 saturated heterocycles. The van der Waals surface area contributed by atoms with Gasteiger partial charge < -0.3 is 25.8 Å². The van der Waals surface area contributed by atoms with Crippen molar-refractivity contribution in [2.75, 3.05) is 18.9 Å². The topological polar surface area (TPSA) is 243 Å². The van der Waals surface area contributed by atoms with Gasteiger partial charge in [0.15, 0.2) is 11.4 Å². The molecule has 0 amide bonds. The second kappa shape index (κ2) is 14.4. The highest BCUT2D eigenvalue weighted by atomic mass is 32.2. The molecule has 0 aliphatic heterocycles. The standard InChI is InChI=1S/C27H24N6O10S2/c1-14-7-22(23(41-13-18(35)12-34)11-21(14)31-30-17-5-3-16(29-2)4-6-17)32-33-26-24(44-43-42-37)8-15-9-25(45(38,39)40)20(28)10-19(15)27(26)36/h3-11,18,34-37H,12-13,28H2,1H3,(H,38,39,40). The summed E-state index contributed by atoms with van der Waals surface area (Å²) >= 11 is 0.397. The number of phenols is 1. The van der Waals surface area contributed by atoms with Crippen LogP contribution in [0.5, 0.6) is 11.5 Å². The number of aromatic hydroxyl groups is 1. The monoisotopic (exact) mass is 656 g/mol. The molecule has 0 aromatic heterocycles. The van der Waals surface area contributed by atoms with Crippen LogP contribution >= 0.6 is 12.0 Å². The van der Waals surface area contributed by atoms with Crippen molar-refractivity contribution >= 4 is 67.1 Å². The van der Waals surface area contributed by atoms with Crippen molar-refractivity contribution < 1.29 is 47.7 Å². The number of phenolic OH excluding ortho intramolecular Hbond substituents is 1. The molecule has 0 fully saturated rings. The van der Waals surface area contributed by atoms with Gasteiger partial charge in [-0.1, -0.05) is 17.2 Å². The van der Waals surface area contributed by atoms with E-state index in [0.29, 0.717) is 34.7 Å². The van der Waals surface area contributed by atoms with Gasteiger partial charge in [-0.15, -0.1) is 14.6 Å². The summed E-state index contributed by atoms with van der Waals surface area (Å²) in [5.41, 5.74) is 7.20. The van der Waals surface area contributed by atoms with Crippen molar-refractivity contribution in [1.29, 1.82) is 0 Å². The molecular formula is C27H24N6O10S2. The van der Waals surface area contributed by atoms with Crippen molar-refractivity contribution in [3.05, 3.63) is 71.6 Å². The Bertz CT molecular complexity index is 1930. The number of nitrogens with two attached hydrogens (primary N) is 1. The minimum Gasteiger partial charge on any atom is -0.505 e. The minimum absolute atomic E-state index is 0.00610. The van der Waals surface area contributed by atoms with E-state index in [4.69, 9.17) is 22.3 Å². The molecule has 0 spiro atoms. The predicted octanol–water partition coefficient (Wildman–Crippen LogP) is 6.22. The maximum Gasteiger partial charge on any atom is 0.296 e. The lowest BCUT2D eigenvalue weighted by Gasteiger charge is -2.14. The number of hydrogen-bond donors (Lipinski definition) is 6. The van der Waals surface area contributed by atoms with Gasteiger partial charge in [0.1, 0.15) is 34.7 Å². The Kier molecular flexibility index (Phi) is 10.6. The average molecular weight is 657 g/mol. The number of azo groups is 2. The van der Waals surface area contributed by atoms with E-state index in [2.05, 4.69) is 34.7 Å². The third-order valence-electron chi connectivity index (χ3n) is 6.04. The molecule has 7 N–H and O–H groups in total. The lowest BCUT2D eigenvalue weighted by atomic mass is 10.1. The Balaban J connectivity index is 1.80. The van der Waals surface area contributed by atoms with Gasteiger partial charge in [0.25, 0.3) is 10.1 Å². The number of nitrogen functional groups attached to an aromatic ring is 1. The normalized spacial score (nSPS) is 12.6. The fourth-order valence-electron chi connectivity index (χ4n) is 3.84. The Morgan fingerprint density at radius 3 is 2.40 bits per heavy atom. The third kappa shape index (κ3) is 8.07. The molecule has 0 bridgehead atoms. The fraction of sp³-hybridized carbons (Fsp3) is 0.148. The van der Waals surface area contributed by atoms with E-state index in [1.807, 2.05) is 0 Å². The van der Waals surface area contributed by atoms with E-state index >= 15 is 0 Å². The van der Waals surface area contributed by atoms with Crippen LogP contribution < -0.4 is 10.5 Å².